The molecule has 4 atom stereocenters. The second-order valence-electron chi connectivity index (χ2n) is 13.7. The molecule has 13 heteroatoms. The van der Waals surface area contributed by atoms with Crippen molar-refractivity contribution in [3.63, 3.8) is 0 Å². The Kier molecular flexibility index (Phi) is 16.7. The molecule has 13 nitrogen and oxygen atoms in total. The Morgan fingerprint density at radius 1 is 0.725 bits per heavy atom. The highest BCUT2D eigenvalue weighted by Gasteiger charge is 2.35. The van der Waals surface area contributed by atoms with Gasteiger partial charge in [-0.2, -0.15) is 0 Å². The lowest BCUT2D eigenvalue weighted by Gasteiger charge is -2.36. The minimum absolute atomic E-state index is 0.0123. The maximum absolute atomic E-state index is 13.9. The van der Waals surface area contributed by atoms with Crippen LogP contribution in [0.25, 0.3) is 0 Å². The highest BCUT2D eigenvalue weighted by Crippen LogP contribution is 2.25. The number of hydrazine groups is 1. The molecule has 0 aromatic heterocycles. The fraction of sp³-hybridized carbons (Fsp3) is 0.553. The lowest BCUT2D eigenvalue weighted by atomic mass is 9.89. The van der Waals surface area contributed by atoms with Gasteiger partial charge in [-0.15, -0.1) is 0 Å². The number of nitrogens with zero attached hydrogens (tertiary/aromatic N) is 1. The topological polar surface area (TPSA) is 164 Å². The average Bonchev–Trinajstić information content (AvgIpc) is 3.12. The molecule has 3 rings (SSSR count). The van der Waals surface area contributed by atoms with Gasteiger partial charge in [0.1, 0.15) is 18.2 Å². The van der Waals surface area contributed by atoms with Crippen molar-refractivity contribution in [2.75, 3.05) is 27.3 Å². The molecule has 51 heavy (non-hydrogen) atoms. The third kappa shape index (κ3) is 13.5. The predicted molar refractivity (Wildman–Crippen MR) is 192 cm³/mol. The van der Waals surface area contributed by atoms with Crippen molar-refractivity contribution in [2.24, 2.45) is 17.8 Å². The smallest absolute Gasteiger partial charge is 0.407 e. The summed E-state index contributed by atoms with van der Waals surface area (Å²) in [5, 5.41) is 10.0. The van der Waals surface area contributed by atoms with Crippen molar-refractivity contribution in [3.05, 3.63) is 71.8 Å². The van der Waals surface area contributed by atoms with Crippen LogP contribution in [0, 0.1) is 17.8 Å². The second kappa shape index (κ2) is 20.9. The number of benzene rings is 2. The first kappa shape index (κ1) is 40.8. The maximum atomic E-state index is 13.9. The lowest BCUT2D eigenvalue weighted by molar-refractivity contribution is -0.131. The van der Waals surface area contributed by atoms with E-state index in [1.54, 1.807) is 49.2 Å². The number of nitrogens with one attached hydrogen (secondary N) is 4. The van der Waals surface area contributed by atoms with Crippen molar-refractivity contribution in [1.82, 2.24) is 26.4 Å². The summed E-state index contributed by atoms with van der Waals surface area (Å²) in [4.78, 5) is 65.8. The van der Waals surface area contributed by atoms with Crippen LogP contribution in [0.1, 0.15) is 75.7 Å². The van der Waals surface area contributed by atoms with Crippen molar-refractivity contribution in [3.8, 4) is 0 Å². The van der Waals surface area contributed by atoms with Gasteiger partial charge in [0.25, 0.3) is 5.91 Å². The summed E-state index contributed by atoms with van der Waals surface area (Å²) in [5.74, 6) is -1.85. The molecule has 2 aromatic carbocycles. The first-order valence-corrected chi connectivity index (χ1v) is 17.8. The molecule has 0 radical (unpaired) electrons. The Morgan fingerprint density at radius 2 is 1.25 bits per heavy atom. The van der Waals surface area contributed by atoms with Gasteiger partial charge in [0.2, 0.25) is 5.91 Å². The van der Waals surface area contributed by atoms with Crippen molar-refractivity contribution < 1.29 is 38.2 Å². The molecule has 2 unspecified atom stereocenters. The van der Waals surface area contributed by atoms with Gasteiger partial charge in [-0.25, -0.2) is 19.4 Å². The number of alkyl carbamates (subject to hydrolysis) is 2. The third-order valence-electron chi connectivity index (χ3n) is 9.03. The molecule has 1 fully saturated rings. The Balaban J connectivity index is 2.05. The molecule has 4 amide bonds. The maximum Gasteiger partial charge on any atom is 0.407 e. The third-order valence-corrected chi connectivity index (χ3v) is 9.03. The fourth-order valence-electron chi connectivity index (χ4n) is 6.17. The number of carbonyl (C=O) groups is 5. The zero-order valence-corrected chi connectivity index (χ0v) is 30.7. The number of esters is 1. The van der Waals surface area contributed by atoms with Gasteiger partial charge in [0.05, 0.1) is 32.4 Å². The van der Waals surface area contributed by atoms with Crippen LogP contribution in [-0.4, -0.2) is 86.5 Å². The number of ether oxygens (including phenoxy) is 3. The van der Waals surface area contributed by atoms with Gasteiger partial charge in [-0.05, 0) is 54.7 Å². The van der Waals surface area contributed by atoms with Crippen molar-refractivity contribution in [1.29, 1.82) is 0 Å². The molecule has 0 saturated heterocycles. The van der Waals surface area contributed by atoms with Crippen LogP contribution >= 0.6 is 0 Å². The molecule has 0 heterocycles. The van der Waals surface area contributed by atoms with Crippen LogP contribution < -0.4 is 21.4 Å². The number of hydrogen-bond donors (Lipinski definition) is 4. The number of methoxy groups -OCH3 is 2. The monoisotopic (exact) mass is 709 g/mol. The van der Waals surface area contributed by atoms with Gasteiger partial charge < -0.3 is 30.2 Å². The normalized spacial score (nSPS) is 15.6. The van der Waals surface area contributed by atoms with Crippen molar-refractivity contribution >= 4 is 30.0 Å². The Labute approximate surface area is 301 Å². The first-order chi connectivity index (χ1) is 24.4. The van der Waals surface area contributed by atoms with E-state index in [4.69, 9.17) is 14.2 Å². The summed E-state index contributed by atoms with van der Waals surface area (Å²) in [5.41, 5.74) is 4.21. The Hall–Kier alpha value is -4.65. The van der Waals surface area contributed by atoms with E-state index >= 15 is 0 Å². The summed E-state index contributed by atoms with van der Waals surface area (Å²) >= 11 is 0. The highest BCUT2D eigenvalue weighted by molar-refractivity contribution is 5.90. The van der Waals surface area contributed by atoms with E-state index in [1.165, 1.54) is 14.2 Å². The van der Waals surface area contributed by atoms with Crippen LogP contribution in [0.5, 0.6) is 0 Å². The van der Waals surface area contributed by atoms with Crippen LogP contribution in [-0.2, 0) is 30.2 Å². The average molecular weight is 710 g/mol. The largest absolute Gasteiger partial charge is 0.455 e. The number of rotatable bonds is 17. The van der Waals surface area contributed by atoms with Gasteiger partial charge in [-0.3, -0.25) is 15.0 Å². The predicted octanol–water partition coefficient (Wildman–Crippen LogP) is 4.61. The van der Waals surface area contributed by atoms with Crippen LogP contribution in [0.2, 0.25) is 0 Å². The highest BCUT2D eigenvalue weighted by atomic mass is 16.5. The molecule has 1 saturated carbocycles. The lowest BCUT2D eigenvalue weighted by Crippen LogP contribution is -2.60. The summed E-state index contributed by atoms with van der Waals surface area (Å²) in [6.07, 6.45) is 3.00. The minimum Gasteiger partial charge on any atom is -0.455 e. The SMILES string of the molecule is COC(=O)N[C@H](C(=O)NC(Cc1ccccc1)C(CN(CC1CCCCC1)NC(=O)[C@@H](NC(=O)OC)C(C)C)OC(=O)c1ccccc1)C(C)C. The Bertz CT molecular complexity index is 1400. The van der Waals surface area contributed by atoms with Crippen molar-refractivity contribution in [2.45, 2.75) is 90.4 Å². The summed E-state index contributed by atoms with van der Waals surface area (Å²) in [6.45, 7) is 7.70. The molecule has 1 aliphatic rings. The Morgan fingerprint density at radius 3 is 1.78 bits per heavy atom. The van der Waals surface area contributed by atoms with E-state index in [9.17, 15) is 24.0 Å². The number of hydrogen-bond acceptors (Lipinski definition) is 9. The molecular weight excluding hydrogens is 654 g/mol. The summed E-state index contributed by atoms with van der Waals surface area (Å²) in [6, 6.07) is 15.4. The number of amides is 4. The number of carbonyl (C=O) groups excluding carboxylic acids is 5. The van der Waals surface area contributed by atoms with Gasteiger partial charge in [0, 0.05) is 6.54 Å². The zero-order chi connectivity index (χ0) is 37.3. The van der Waals surface area contributed by atoms with Crippen LogP contribution in [0.4, 0.5) is 9.59 Å². The molecule has 2 aromatic rings. The summed E-state index contributed by atoms with van der Waals surface area (Å²) in [7, 11) is 2.46. The van der Waals surface area contributed by atoms with E-state index in [2.05, 4.69) is 21.4 Å². The quantitative estimate of drug-likeness (QED) is 0.104. The molecular formula is C38H55N5O8. The standard InChI is InChI=1S/C38H55N5O8/c1-25(2)32(40-37(47)49-5)34(44)39-30(22-27-16-10-7-11-17-27)31(51-36(46)29-20-14-9-15-21-29)24-43(23-28-18-12-8-13-19-28)42-35(45)33(26(3)4)41-38(48)50-6/h7,9-11,14-17,20-21,25-26,28,30-33H,8,12-13,18-19,22-24H2,1-6H3,(H,39,44)(H,40,47)(H,41,48)(H,42,45)/t30?,31?,32-,33-/m0/s1. The molecule has 0 spiro atoms. The fourth-order valence-corrected chi connectivity index (χ4v) is 6.17. The van der Waals surface area contributed by atoms with Gasteiger partial charge in [0.15, 0.2) is 0 Å². The second-order valence-corrected chi connectivity index (χ2v) is 13.7. The van der Waals surface area contributed by atoms with E-state index in [0.29, 0.717) is 12.1 Å². The molecule has 0 bridgehead atoms. The van der Waals surface area contributed by atoms with E-state index in [-0.39, 0.29) is 30.7 Å². The molecule has 0 aliphatic heterocycles. The van der Waals surface area contributed by atoms with E-state index in [0.717, 1.165) is 37.7 Å². The molecule has 280 valence electrons. The molecule has 1 aliphatic carbocycles. The zero-order valence-electron chi connectivity index (χ0n) is 30.7. The van der Waals surface area contributed by atoms with Gasteiger partial charge in [-0.1, -0.05) is 95.5 Å². The first-order valence-electron chi connectivity index (χ1n) is 17.8. The van der Waals surface area contributed by atoms with E-state index in [1.807, 2.05) is 44.2 Å². The van der Waals surface area contributed by atoms with Gasteiger partial charge >= 0.3 is 18.2 Å². The molecule has 4 N–H and O–H groups in total. The van der Waals surface area contributed by atoms with Crippen LogP contribution in [0.3, 0.4) is 0 Å². The minimum atomic E-state index is -0.984. The van der Waals surface area contributed by atoms with E-state index < -0.39 is 54.2 Å². The van der Waals surface area contributed by atoms with Crippen LogP contribution in [0.15, 0.2) is 60.7 Å². The summed E-state index contributed by atoms with van der Waals surface area (Å²) < 4.78 is 15.8.